The van der Waals surface area contributed by atoms with E-state index in [1.54, 1.807) is 7.11 Å². The van der Waals surface area contributed by atoms with Crippen LogP contribution in [0.4, 0.5) is 0 Å². The summed E-state index contributed by atoms with van der Waals surface area (Å²) in [6, 6.07) is 13.9. The molecule has 0 aliphatic heterocycles. The van der Waals surface area contributed by atoms with Crippen molar-refractivity contribution in [3.63, 3.8) is 0 Å². The van der Waals surface area contributed by atoms with Crippen LogP contribution in [0.3, 0.4) is 0 Å². The number of hydrogen-bond acceptors (Lipinski definition) is 3. The van der Waals surface area contributed by atoms with E-state index in [-0.39, 0.29) is 6.04 Å². The zero-order valence-corrected chi connectivity index (χ0v) is 13.9. The first kappa shape index (κ1) is 15.9. The minimum atomic E-state index is 0.0721. The van der Waals surface area contributed by atoms with Gasteiger partial charge in [0.2, 0.25) is 0 Å². The predicted molar refractivity (Wildman–Crippen MR) is 88.8 cm³/mol. The quantitative estimate of drug-likeness (QED) is 0.859. The molecule has 2 aromatic carbocycles. The van der Waals surface area contributed by atoms with E-state index in [9.17, 15) is 0 Å². The van der Waals surface area contributed by atoms with Crippen LogP contribution >= 0.6 is 15.9 Å². The molecule has 0 amide bonds. The summed E-state index contributed by atoms with van der Waals surface area (Å²) in [5, 5.41) is 0. The average molecular weight is 350 g/mol. The van der Waals surface area contributed by atoms with Crippen molar-refractivity contribution in [1.29, 1.82) is 0 Å². The zero-order chi connectivity index (χ0) is 15.2. The zero-order valence-electron chi connectivity index (χ0n) is 12.3. The first-order valence-electron chi connectivity index (χ1n) is 6.89. The van der Waals surface area contributed by atoms with Gasteiger partial charge in [0.25, 0.3) is 0 Å². The molecule has 0 spiro atoms. The topological polar surface area (TPSA) is 44.5 Å². The van der Waals surface area contributed by atoms with Crippen LogP contribution in [0.2, 0.25) is 0 Å². The van der Waals surface area contributed by atoms with Gasteiger partial charge >= 0.3 is 0 Å². The van der Waals surface area contributed by atoms with E-state index in [0.29, 0.717) is 6.61 Å². The molecule has 2 rings (SSSR count). The lowest BCUT2D eigenvalue weighted by molar-refractivity contribution is 0.300. The monoisotopic (exact) mass is 349 g/mol. The van der Waals surface area contributed by atoms with Gasteiger partial charge in [-0.25, -0.2) is 0 Å². The molecule has 0 bridgehead atoms. The van der Waals surface area contributed by atoms with Crippen LogP contribution in [0.25, 0.3) is 0 Å². The summed E-state index contributed by atoms with van der Waals surface area (Å²) in [6.45, 7) is 2.50. The first-order chi connectivity index (χ1) is 10.1. The van der Waals surface area contributed by atoms with Gasteiger partial charge in [0.1, 0.15) is 18.1 Å². The summed E-state index contributed by atoms with van der Waals surface area (Å²) in [5.74, 6) is 1.67. The Morgan fingerprint density at radius 3 is 2.57 bits per heavy atom. The van der Waals surface area contributed by atoms with E-state index in [2.05, 4.69) is 15.9 Å². The van der Waals surface area contributed by atoms with Crippen LogP contribution in [0.1, 0.15) is 18.1 Å². The number of methoxy groups -OCH3 is 1. The largest absolute Gasteiger partial charge is 0.497 e. The lowest BCUT2D eigenvalue weighted by Gasteiger charge is -2.15. The van der Waals surface area contributed by atoms with Crippen molar-refractivity contribution in [1.82, 2.24) is 0 Å². The van der Waals surface area contributed by atoms with Gasteiger partial charge in [-0.05, 0) is 43.2 Å². The molecule has 0 saturated carbocycles. The summed E-state index contributed by atoms with van der Waals surface area (Å²) in [5.41, 5.74) is 8.09. The van der Waals surface area contributed by atoms with E-state index in [0.717, 1.165) is 33.5 Å². The highest BCUT2D eigenvalue weighted by Crippen LogP contribution is 2.27. The van der Waals surface area contributed by atoms with Crippen molar-refractivity contribution in [2.45, 2.75) is 26.0 Å². The lowest BCUT2D eigenvalue weighted by Crippen LogP contribution is -2.18. The summed E-state index contributed by atoms with van der Waals surface area (Å²) in [6.07, 6.45) is 0.752. The molecule has 1 atom stereocenters. The summed E-state index contributed by atoms with van der Waals surface area (Å²) < 4.78 is 12.3. The number of nitrogens with two attached hydrogens (primary N) is 1. The first-order valence-corrected chi connectivity index (χ1v) is 7.68. The van der Waals surface area contributed by atoms with Crippen LogP contribution in [0.5, 0.6) is 11.5 Å². The third-order valence-corrected chi connectivity index (χ3v) is 3.92. The van der Waals surface area contributed by atoms with Crippen molar-refractivity contribution in [2.75, 3.05) is 7.11 Å². The molecule has 3 nitrogen and oxygen atoms in total. The van der Waals surface area contributed by atoms with Crippen LogP contribution < -0.4 is 15.2 Å². The van der Waals surface area contributed by atoms with Crippen LogP contribution in [-0.4, -0.2) is 13.2 Å². The molecule has 0 saturated heterocycles. The van der Waals surface area contributed by atoms with Crippen molar-refractivity contribution >= 4 is 15.9 Å². The van der Waals surface area contributed by atoms with Crippen LogP contribution in [0, 0.1) is 0 Å². The summed E-state index contributed by atoms with van der Waals surface area (Å²) in [4.78, 5) is 0. The standard InChI is InChI=1S/C17H20BrNO2/c1-12(19)9-14-10-15(20-2)7-8-17(14)21-11-13-5-3-4-6-16(13)18/h3-8,10,12H,9,11,19H2,1-2H3. The second-order valence-corrected chi connectivity index (χ2v) is 5.89. The van der Waals surface area contributed by atoms with Gasteiger partial charge in [0, 0.05) is 16.1 Å². The molecule has 2 N–H and O–H groups in total. The molecule has 2 aromatic rings. The van der Waals surface area contributed by atoms with Crippen molar-refractivity contribution in [2.24, 2.45) is 5.73 Å². The smallest absolute Gasteiger partial charge is 0.123 e. The minimum absolute atomic E-state index is 0.0721. The molecule has 1 unspecified atom stereocenters. The molecule has 0 aliphatic carbocycles. The van der Waals surface area contributed by atoms with Gasteiger partial charge < -0.3 is 15.2 Å². The second kappa shape index (κ2) is 7.48. The Morgan fingerprint density at radius 1 is 1.14 bits per heavy atom. The third kappa shape index (κ3) is 4.48. The highest BCUT2D eigenvalue weighted by molar-refractivity contribution is 9.10. The highest BCUT2D eigenvalue weighted by atomic mass is 79.9. The number of halogens is 1. The third-order valence-electron chi connectivity index (χ3n) is 3.15. The fraction of sp³-hybridized carbons (Fsp3) is 0.294. The normalized spacial score (nSPS) is 12.0. The van der Waals surface area contributed by atoms with Gasteiger partial charge in [-0.15, -0.1) is 0 Å². The van der Waals surface area contributed by atoms with E-state index in [1.807, 2.05) is 49.4 Å². The molecule has 4 heteroatoms. The Hall–Kier alpha value is -1.52. The Morgan fingerprint density at radius 2 is 1.90 bits per heavy atom. The summed E-state index contributed by atoms with van der Waals surface area (Å²) >= 11 is 3.53. The predicted octanol–water partition coefficient (Wildman–Crippen LogP) is 3.93. The van der Waals surface area contributed by atoms with Crippen LogP contribution in [0.15, 0.2) is 46.9 Å². The second-order valence-electron chi connectivity index (χ2n) is 5.04. The maximum Gasteiger partial charge on any atom is 0.123 e. The molecule has 112 valence electrons. The van der Waals surface area contributed by atoms with E-state index >= 15 is 0 Å². The Balaban J connectivity index is 2.17. The fourth-order valence-corrected chi connectivity index (χ4v) is 2.50. The Labute approximate surface area is 134 Å². The van der Waals surface area contributed by atoms with Gasteiger partial charge in [-0.2, -0.15) is 0 Å². The fourth-order valence-electron chi connectivity index (χ4n) is 2.10. The lowest BCUT2D eigenvalue weighted by atomic mass is 10.1. The van der Waals surface area contributed by atoms with Crippen molar-refractivity contribution < 1.29 is 9.47 Å². The number of ether oxygens (including phenoxy) is 2. The van der Waals surface area contributed by atoms with Gasteiger partial charge in [0.05, 0.1) is 7.11 Å². The van der Waals surface area contributed by atoms with E-state index < -0.39 is 0 Å². The number of hydrogen-bond donors (Lipinski definition) is 1. The molecular weight excluding hydrogens is 330 g/mol. The SMILES string of the molecule is COc1ccc(OCc2ccccc2Br)c(CC(C)N)c1. The maximum absolute atomic E-state index is 5.96. The number of rotatable bonds is 6. The molecule has 0 fully saturated rings. The Bertz CT molecular complexity index is 599. The van der Waals surface area contributed by atoms with Crippen LogP contribution in [-0.2, 0) is 13.0 Å². The van der Waals surface area contributed by atoms with Crippen molar-refractivity contribution in [3.05, 3.63) is 58.1 Å². The van der Waals surface area contributed by atoms with Gasteiger partial charge in [-0.1, -0.05) is 34.1 Å². The molecule has 0 heterocycles. The van der Waals surface area contributed by atoms with E-state index in [4.69, 9.17) is 15.2 Å². The molecule has 0 radical (unpaired) electrons. The van der Waals surface area contributed by atoms with E-state index in [1.165, 1.54) is 0 Å². The highest BCUT2D eigenvalue weighted by Gasteiger charge is 2.09. The minimum Gasteiger partial charge on any atom is -0.497 e. The van der Waals surface area contributed by atoms with Crippen molar-refractivity contribution in [3.8, 4) is 11.5 Å². The number of benzene rings is 2. The van der Waals surface area contributed by atoms with Gasteiger partial charge in [0.15, 0.2) is 0 Å². The molecular formula is C17H20BrNO2. The molecule has 21 heavy (non-hydrogen) atoms. The summed E-state index contributed by atoms with van der Waals surface area (Å²) in [7, 11) is 1.66. The molecule has 0 aromatic heterocycles. The maximum atomic E-state index is 5.96. The average Bonchev–Trinajstić information content (AvgIpc) is 2.46. The Kier molecular flexibility index (Phi) is 5.65. The van der Waals surface area contributed by atoms with Gasteiger partial charge in [-0.3, -0.25) is 0 Å². The molecule has 0 aliphatic rings.